The molecule has 2 rings (SSSR count). The Bertz CT molecular complexity index is 551. The number of benzene rings is 2. The minimum atomic E-state index is 0.221. The van der Waals surface area contributed by atoms with Crippen LogP contribution >= 0.6 is 11.6 Å². The third-order valence-electron chi connectivity index (χ3n) is 3.22. The van der Waals surface area contributed by atoms with Crippen LogP contribution in [0.4, 0.5) is 0 Å². The van der Waals surface area contributed by atoms with Gasteiger partial charge in [0.25, 0.3) is 0 Å². The minimum Gasteiger partial charge on any atom is -0.508 e. The summed E-state index contributed by atoms with van der Waals surface area (Å²) in [7, 11) is 0. The SMILES string of the molecule is Cc1ccc([C@H](C)NCc2cc(Cl)ccc2O)cc1. The summed E-state index contributed by atoms with van der Waals surface area (Å²) in [5.41, 5.74) is 3.29. The monoisotopic (exact) mass is 275 g/mol. The zero-order chi connectivity index (χ0) is 13.8. The van der Waals surface area contributed by atoms with Gasteiger partial charge in [0, 0.05) is 23.2 Å². The van der Waals surface area contributed by atoms with Crippen molar-refractivity contribution in [3.05, 3.63) is 64.2 Å². The molecule has 2 N–H and O–H groups in total. The molecule has 0 heterocycles. The number of hydrogen-bond acceptors (Lipinski definition) is 2. The predicted octanol–water partition coefficient (Wildman–Crippen LogP) is 4.20. The molecule has 0 radical (unpaired) electrons. The third-order valence-corrected chi connectivity index (χ3v) is 3.45. The molecule has 19 heavy (non-hydrogen) atoms. The Labute approximate surface area is 119 Å². The van der Waals surface area contributed by atoms with E-state index in [-0.39, 0.29) is 11.8 Å². The van der Waals surface area contributed by atoms with E-state index in [0.717, 1.165) is 5.56 Å². The normalized spacial score (nSPS) is 12.4. The first-order valence-electron chi connectivity index (χ1n) is 6.33. The molecule has 2 nitrogen and oxygen atoms in total. The van der Waals surface area contributed by atoms with Gasteiger partial charge < -0.3 is 10.4 Å². The predicted molar refractivity (Wildman–Crippen MR) is 79.6 cm³/mol. The summed E-state index contributed by atoms with van der Waals surface area (Å²) in [6.45, 7) is 4.76. The van der Waals surface area contributed by atoms with Crippen LogP contribution in [0.3, 0.4) is 0 Å². The highest BCUT2D eigenvalue weighted by molar-refractivity contribution is 6.30. The first kappa shape index (κ1) is 13.9. The van der Waals surface area contributed by atoms with Crippen molar-refractivity contribution in [3.8, 4) is 5.75 Å². The maximum absolute atomic E-state index is 9.76. The third kappa shape index (κ3) is 3.72. The van der Waals surface area contributed by atoms with Gasteiger partial charge in [0.2, 0.25) is 0 Å². The van der Waals surface area contributed by atoms with E-state index < -0.39 is 0 Å². The lowest BCUT2D eigenvalue weighted by Crippen LogP contribution is -2.18. The second-order valence-electron chi connectivity index (χ2n) is 4.79. The molecule has 100 valence electrons. The maximum atomic E-state index is 9.76. The molecule has 0 bridgehead atoms. The summed E-state index contributed by atoms with van der Waals surface area (Å²) in [5.74, 6) is 0.271. The van der Waals surface area contributed by atoms with Crippen LogP contribution in [0.5, 0.6) is 5.75 Å². The summed E-state index contributed by atoms with van der Waals surface area (Å²) in [6, 6.07) is 13.7. The molecule has 0 saturated carbocycles. The second-order valence-corrected chi connectivity index (χ2v) is 5.22. The van der Waals surface area contributed by atoms with Crippen molar-refractivity contribution < 1.29 is 5.11 Å². The Morgan fingerprint density at radius 3 is 2.53 bits per heavy atom. The van der Waals surface area contributed by atoms with E-state index >= 15 is 0 Å². The van der Waals surface area contributed by atoms with Gasteiger partial charge in [-0.15, -0.1) is 0 Å². The van der Waals surface area contributed by atoms with Gasteiger partial charge in [0.05, 0.1) is 0 Å². The number of aryl methyl sites for hydroxylation is 1. The number of aromatic hydroxyl groups is 1. The Morgan fingerprint density at radius 1 is 1.16 bits per heavy atom. The lowest BCUT2D eigenvalue weighted by molar-refractivity contribution is 0.460. The number of hydrogen-bond donors (Lipinski definition) is 2. The van der Waals surface area contributed by atoms with Crippen LogP contribution < -0.4 is 5.32 Å². The molecule has 0 fully saturated rings. The summed E-state index contributed by atoms with van der Waals surface area (Å²) in [6.07, 6.45) is 0. The summed E-state index contributed by atoms with van der Waals surface area (Å²) < 4.78 is 0. The molecule has 0 aliphatic carbocycles. The van der Waals surface area contributed by atoms with Crippen molar-refractivity contribution in [3.63, 3.8) is 0 Å². The van der Waals surface area contributed by atoms with Gasteiger partial charge in [-0.05, 0) is 37.6 Å². The van der Waals surface area contributed by atoms with Gasteiger partial charge in [-0.1, -0.05) is 41.4 Å². The fourth-order valence-corrected chi connectivity index (χ4v) is 2.13. The topological polar surface area (TPSA) is 32.3 Å². The molecule has 1 atom stereocenters. The molecule has 2 aromatic rings. The highest BCUT2D eigenvalue weighted by Gasteiger charge is 2.07. The molecule has 0 spiro atoms. The molecule has 0 amide bonds. The van der Waals surface area contributed by atoms with Crippen molar-refractivity contribution in [1.82, 2.24) is 5.32 Å². The standard InChI is InChI=1S/C16H18ClNO/c1-11-3-5-13(6-4-11)12(2)18-10-14-9-15(17)7-8-16(14)19/h3-9,12,18-19H,10H2,1-2H3/t12-/m0/s1. The van der Waals surface area contributed by atoms with Crippen LogP contribution in [0, 0.1) is 6.92 Å². The molecule has 0 unspecified atom stereocenters. The minimum absolute atomic E-state index is 0.221. The number of nitrogens with one attached hydrogen (secondary N) is 1. The number of halogens is 1. The molecule has 0 aliphatic rings. The quantitative estimate of drug-likeness (QED) is 0.876. The van der Waals surface area contributed by atoms with Gasteiger partial charge in [-0.2, -0.15) is 0 Å². The first-order chi connectivity index (χ1) is 9.06. The van der Waals surface area contributed by atoms with Crippen molar-refractivity contribution >= 4 is 11.6 Å². The molecule has 0 aliphatic heterocycles. The molecule has 0 aromatic heterocycles. The highest BCUT2D eigenvalue weighted by atomic mass is 35.5. The van der Waals surface area contributed by atoms with E-state index in [2.05, 4.69) is 43.4 Å². The number of phenolic OH excluding ortho intramolecular Hbond substituents is 1. The van der Waals surface area contributed by atoms with Crippen LogP contribution in [0.25, 0.3) is 0 Å². The van der Waals surface area contributed by atoms with Crippen LogP contribution in [0.1, 0.15) is 29.7 Å². The average Bonchev–Trinajstić information content (AvgIpc) is 2.40. The van der Waals surface area contributed by atoms with E-state index in [1.165, 1.54) is 11.1 Å². The summed E-state index contributed by atoms with van der Waals surface area (Å²) in [5, 5.41) is 13.8. The Hall–Kier alpha value is -1.51. The van der Waals surface area contributed by atoms with Crippen LogP contribution in [0.2, 0.25) is 5.02 Å². The van der Waals surface area contributed by atoms with Crippen LogP contribution in [0.15, 0.2) is 42.5 Å². The van der Waals surface area contributed by atoms with Gasteiger partial charge in [-0.3, -0.25) is 0 Å². The van der Waals surface area contributed by atoms with E-state index in [4.69, 9.17) is 11.6 Å². The van der Waals surface area contributed by atoms with E-state index in [9.17, 15) is 5.11 Å². The molecular formula is C16H18ClNO. The van der Waals surface area contributed by atoms with Gasteiger partial charge in [-0.25, -0.2) is 0 Å². The fourth-order valence-electron chi connectivity index (χ4n) is 1.93. The highest BCUT2D eigenvalue weighted by Crippen LogP contribution is 2.22. The van der Waals surface area contributed by atoms with Crippen molar-refractivity contribution in [2.24, 2.45) is 0 Å². The van der Waals surface area contributed by atoms with E-state index in [1.807, 2.05) is 0 Å². The smallest absolute Gasteiger partial charge is 0.120 e. The second kappa shape index (κ2) is 6.09. The zero-order valence-corrected chi connectivity index (χ0v) is 11.9. The number of phenols is 1. The van der Waals surface area contributed by atoms with Gasteiger partial charge in [0.15, 0.2) is 0 Å². The van der Waals surface area contributed by atoms with E-state index in [0.29, 0.717) is 11.6 Å². The van der Waals surface area contributed by atoms with Gasteiger partial charge >= 0.3 is 0 Å². The first-order valence-corrected chi connectivity index (χ1v) is 6.71. The van der Waals surface area contributed by atoms with E-state index in [1.54, 1.807) is 18.2 Å². The fraction of sp³-hybridized carbons (Fsp3) is 0.250. The van der Waals surface area contributed by atoms with Crippen molar-refractivity contribution in [1.29, 1.82) is 0 Å². The Balaban J connectivity index is 2.02. The Morgan fingerprint density at radius 2 is 1.84 bits per heavy atom. The van der Waals surface area contributed by atoms with Crippen molar-refractivity contribution in [2.45, 2.75) is 26.4 Å². The maximum Gasteiger partial charge on any atom is 0.120 e. The van der Waals surface area contributed by atoms with Crippen molar-refractivity contribution in [2.75, 3.05) is 0 Å². The van der Waals surface area contributed by atoms with Crippen LogP contribution in [-0.4, -0.2) is 5.11 Å². The molecule has 0 saturated heterocycles. The lowest BCUT2D eigenvalue weighted by atomic mass is 10.1. The zero-order valence-electron chi connectivity index (χ0n) is 11.2. The Kier molecular flexibility index (Phi) is 4.46. The lowest BCUT2D eigenvalue weighted by Gasteiger charge is -2.15. The van der Waals surface area contributed by atoms with Crippen LogP contribution in [-0.2, 0) is 6.54 Å². The molecule has 2 aromatic carbocycles. The molecule has 3 heteroatoms. The largest absolute Gasteiger partial charge is 0.508 e. The number of rotatable bonds is 4. The molecular weight excluding hydrogens is 258 g/mol. The van der Waals surface area contributed by atoms with Gasteiger partial charge in [0.1, 0.15) is 5.75 Å². The average molecular weight is 276 g/mol. The summed E-state index contributed by atoms with van der Waals surface area (Å²) >= 11 is 5.93. The summed E-state index contributed by atoms with van der Waals surface area (Å²) in [4.78, 5) is 0.